The number of benzene rings is 2. The molecule has 2 aromatic carbocycles. The molecule has 2 aromatic rings. The highest BCUT2D eigenvalue weighted by molar-refractivity contribution is 8.00. The lowest BCUT2D eigenvalue weighted by molar-refractivity contribution is -0.396. The van der Waals surface area contributed by atoms with Crippen molar-refractivity contribution in [3.8, 4) is 0 Å². The van der Waals surface area contributed by atoms with Gasteiger partial charge in [0.1, 0.15) is 0 Å². The molecule has 1 aliphatic carbocycles. The molecule has 2 aliphatic heterocycles. The number of thioether (sulfide) groups is 1. The van der Waals surface area contributed by atoms with Crippen LogP contribution in [-0.2, 0) is 0 Å². The molecule has 10 heteroatoms. The van der Waals surface area contributed by atoms with E-state index in [9.17, 15) is 39.5 Å². The van der Waals surface area contributed by atoms with Gasteiger partial charge in [-0.3, -0.25) is 0 Å². The average molecular weight is 442 g/mol. The predicted octanol–water partition coefficient (Wildman–Crippen LogP) is 6.80. The van der Waals surface area contributed by atoms with E-state index in [4.69, 9.17) is 0 Å². The van der Waals surface area contributed by atoms with Crippen molar-refractivity contribution < 1.29 is 39.5 Å². The molecular formula is C19H11F9S. The Bertz CT molecular complexity index is 903. The topological polar surface area (TPSA) is 0 Å². The molecule has 0 aromatic heterocycles. The normalized spacial score (nSPS) is 24.2. The predicted molar refractivity (Wildman–Crippen MR) is 88.8 cm³/mol. The minimum Gasteiger partial charge on any atom is -0.198 e. The highest BCUT2D eigenvalue weighted by atomic mass is 32.2. The molecule has 1 unspecified atom stereocenters. The smallest absolute Gasteiger partial charge is 0.198 e. The Morgan fingerprint density at radius 1 is 0.586 bits per heavy atom. The van der Waals surface area contributed by atoms with Crippen molar-refractivity contribution in [3.63, 3.8) is 0 Å². The standard InChI is InChI=1S/C19H11F9S/c20-16(21,17(22,23)18(24,25)19(26,27)28)15-13-9-5-1-3-7-11(9)14(29-15)12-8-4-2-6-10(12)13/h1-8,13-15H. The van der Waals surface area contributed by atoms with E-state index in [0.29, 0.717) is 22.9 Å². The molecule has 0 amide bonds. The Labute approximate surface area is 163 Å². The molecular weight excluding hydrogens is 431 g/mol. The zero-order valence-electron chi connectivity index (χ0n) is 14.2. The number of hydrogen-bond acceptors (Lipinski definition) is 1. The fourth-order valence-corrected chi connectivity index (χ4v) is 5.74. The molecule has 0 fully saturated rings. The summed E-state index contributed by atoms with van der Waals surface area (Å²) in [5.74, 6) is -20.6. The molecule has 2 bridgehead atoms. The Balaban J connectivity index is 1.87. The molecule has 29 heavy (non-hydrogen) atoms. The molecule has 0 saturated heterocycles. The van der Waals surface area contributed by atoms with Crippen molar-refractivity contribution >= 4 is 11.8 Å². The van der Waals surface area contributed by atoms with Crippen LogP contribution in [0.25, 0.3) is 0 Å². The van der Waals surface area contributed by atoms with Gasteiger partial charge in [-0.1, -0.05) is 48.5 Å². The number of fused-ring (bicyclic) bond motifs is 1. The van der Waals surface area contributed by atoms with Crippen LogP contribution in [0, 0.1) is 0 Å². The van der Waals surface area contributed by atoms with Gasteiger partial charge < -0.3 is 0 Å². The van der Waals surface area contributed by atoms with Crippen LogP contribution in [0.5, 0.6) is 0 Å². The van der Waals surface area contributed by atoms with Crippen LogP contribution in [0.2, 0.25) is 0 Å². The third-order valence-electron chi connectivity index (χ3n) is 5.34. The van der Waals surface area contributed by atoms with Gasteiger partial charge in [0, 0.05) is 5.92 Å². The van der Waals surface area contributed by atoms with Crippen LogP contribution in [0.1, 0.15) is 33.4 Å². The Kier molecular flexibility index (Phi) is 4.29. The van der Waals surface area contributed by atoms with Crippen molar-refractivity contribution in [2.24, 2.45) is 0 Å². The van der Waals surface area contributed by atoms with Gasteiger partial charge in [0.25, 0.3) is 0 Å². The van der Waals surface area contributed by atoms with Gasteiger partial charge in [-0.05, 0) is 22.3 Å². The van der Waals surface area contributed by atoms with E-state index in [1.807, 2.05) is 0 Å². The lowest BCUT2D eigenvalue weighted by Crippen LogP contribution is -2.65. The summed E-state index contributed by atoms with van der Waals surface area (Å²) in [6, 6.07) is 12.2. The quantitative estimate of drug-likeness (QED) is 0.471. The SMILES string of the molecule is FC(F)(F)C(F)(F)C(F)(F)C(F)(F)C1SC2c3ccccc3C1c1ccccc12. The fourth-order valence-electron chi connectivity index (χ4n) is 3.96. The maximum atomic E-state index is 14.8. The number of halogens is 9. The third kappa shape index (κ3) is 2.56. The molecule has 0 radical (unpaired) electrons. The lowest BCUT2D eigenvalue weighted by atomic mass is 9.73. The number of hydrogen-bond donors (Lipinski definition) is 0. The van der Waals surface area contributed by atoms with E-state index < -0.39 is 40.4 Å². The number of rotatable bonds is 3. The van der Waals surface area contributed by atoms with E-state index in [-0.39, 0.29) is 11.1 Å². The van der Waals surface area contributed by atoms with Crippen molar-refractivity contribution in [2.45, 2.75) is 40.4 Å². The van der Waals surface area contributed by atoms with Gasteiger partial charge in [-0.2, -0.15) is 39.5 Å². The van der Waals surface area contributed by atoms with E-state index >= 15 is 0 Å². The van der Waals surface area contributed by atoms with Gasteiger partial charge in [0.05, 0.1) is 10.5 Å². The van der Waals surface area contributed by atoms with Gasteiger partial charge in [0.2, 0.25) is 0 Å². The summed E-state index contributed by atoms with van der Waals surface area (Å²) in [6.45, 7) is 0. The molecule has 0 spiro atoms. The molecule has 2 heterocycles. The molecule has 0 saturated carbocycles. The van der Waals surface area contributed by atoms with Crippen LogP contribution in [0.4, 0.5) is 39.5 Å². The van der Waals surface area contributed by atoms with E-state index in [2.05, 4.69) is 0 Å². The van der Waals surface area contributed by atoms with Gasteiger partial charge in [-0.15, -0.1) is 11.8 Å². The lowest BCUT2D eigenvalue weighted by Gasteiger charge is -2.49. The summed E-state index contributed by atoms with van der Waals surface area (Å²) in [5.41, 5.74) is 1.56. The summed E-state index contributed by atoms with van der Waals surface area (Å²) >= 11 is 0.296. The second kappa shape index (κ2) is 6.09. The highest BCUT2D eigenvalue weighted by Crippen LogP contribution is 2.66. The number of alkyl halides is 9. The fraction of sp³-hybridized carbons (Fsp3) is 0.368. The zero-order chi connectivity index (χ0) is 21.4. The van der Waals surface area contributed by atoms with Gasteiger partial charge in [-0.25, -0.2) is 0 Å². The second-order valence-electron chi connectivity index (χ2n) is 6.94. The Morgan fingerprint density at radius 3 is 1.41 bits per heavy atom. The monoisotopic (exact) mass is 442 g/mol. The maximum absolute atomic E-state index is 14.8. The molecule has 156 valence electrons. The first-order valence-electron chi connectivity index (χ1n) is 8.35. The summed E-state index contributed by atoms with van der Waals surface area (Å²) in [6.07, 6.45) is -6.83. The van der Waals surface area contributed by atoms with E-state index in [0.717, 1.165) is 0 Å². The van der Waals surface area contributed by atoms with E-state index in [1.54, 1.807) is 24.3 Å². The van der Waals surface area contributed by atoms with Gasteiger partial charge >= 0.3 is 23.9 Å². The first-order valence-corrected chi connectivity index (χ1v) is 9.30. The molecule has 1 atom stereocenters. The van der Waals surface area contributed by atoms with Crippen LogP contribution < -0.4 is 0 Å². The first-order chi connectivity index (χ1) is 13.3. The Hall–Kier alpha value is -1.84. The molecule has 5 rings (SSSR count). The third-order valence-corrected chi connectivity index (χ3v) is 6.98. The largest absolute Gasteiger partial charge is 0.460 e. The minimum absolute atomic E-state index is 0.228. The van der Waals surface area contributed by atoms with Gasteiger partial charge in [0.15, 0.2) is 0 Å². The second-order valence-corrected chi connectivity index (χ2v) is 8.19. The summed E-state index contributed by atoms with van der Waals surface area (Å²) in [5, 5.41) is -3.38. The van der Waals surface area contributed by atoms with Crippen molar-refractivity contribution in [3.05, 3.63) is 70.8 Å². The zero-order valence-corrected chi connectivity index (χ0v) is 15.0. The van der Waals surface area contributed by atoms with Crippen LogP contribution >= 0.6 is 11.8 Å². The van der Waals surface area contributed by atoms with Crippen LogP contribution in [0.3, 0.4) is 0 Å². The molecule has 0 N–H and O–H groups in total. The van der Waals surface area contributed by atoms with Crippen molar-refractivity contribution in [1.82, 2.24) is 0 Å². The highest BCUT2D eigenvalue weighted by Gasteiger charge is 2.83. The average Bonchev–Trinajstić information content (AvgIpc) is 2.66. The molecule has 3 aliphatic rings. The van der Waals surface area contributed by atoms with Crippen molar-refractivity contribution in [1.29, 1.82) is 0 Å². The molecule has 0 nitrogen and oxygen atoms in total. The van der Waals surface area contributed by atoms with E-state index in [1.165, 1.54) is 24.3 Å². The first kappa shape index (κ1) is 20.4. The maximum Gasteiger partial charge on any atom is 0.460 e. The van der Waals surface area contributed by atoms with Crippen molar-refractivity contribution in [2.75, 3.05) is 0 Å². The Morgan fingerprint density at radius 2 is 1.00 bits per heavy atom. The summed E-state index contributed by atoms with van der Waals surface area (Å²) < 4.78 is 122. The van der Waals surface area contributed by atoms with Crippen LogP contribution in [0.15, 0.2) is 48.5 Å². The summed E-state index contributed by atoms with van der Waals surface area (Å²) in [7, 11) is 0. The summed E-state index contributed by atoms with van der Waals surface area (Å²) in [4.78, 5) is 0. The minimum atomic E-state index is -6.89. The van der Waals surface area contributed by atoms with Crippen LogP contribution in [-0.4, -0.2) is 29.2 Å².